The number of aliphatic hydroxyl groups excluding tert-OH is 1. The molecule has 0 radical (unpaired) electrons. The molecule has 0 bridgehead atoms. The number of aliphatic hydroxyl groups is 1. The fourth-order valence-electron chi connectivity index (χ4n) is 3.47. The van der Waals surface area contributed by atoms with Gasteiger partial charge in [0, 0.05) is 12.1 Å². The lowest BCUT2D eigenvalue weighted by Gasteiger charge is -2.23. The lowest BCUT2D eigenvalue weighted by Crippen LogP contribution is -2.30. The van der Waals surface area contributed by atoms with E-state index in [9.17, 15) is 14.7 Å². The molecule has 2 aromatic rings. The highest BCUT2D eigenvalue weighted by molar-refractivity contribution is 6.46. The maximum atomic E-state index is 12.9. The molecule has 3 rings (SSSR count). The Morgan fingerprint density at radius 2 is 2.03 bits per heavy atom. The summed E-state index contributed by atoms with van der Waals surface area (Å²) in [7, 11) is 0. The van der Waals surface area contributed by atoms with Crippen molar-refractivity contribution in [1.29, 1.82) is 0 Å². The summed E-state index contributed by atoms with van der Waals surface area (Å²) < 4.78 is 11.0. The molecule has 7 heteroatoms. The summed E-state index contributed by atoms with van der Waals surface area (Å²) in [5.74, 6) is -0.821. The predicted molar refractivity (Wildman–Crippen MR) is 110 cm³/mol. The number of hydrogen-bond acceptors (Lipinski definition) is 5. The first kappa shape index (κ1) is 21.0. The molecular formula is C22H24ClNO5. The topological polar surface area (TPSA) is 80.0 Å². The second-order valence-corrected chi connectivity index (χ2v) is 7.20. The minimum Gasteiger partial charge on any atom is -0.507 e. The molecule has 1 N–H and O–H groups in total. The number of unbranched alkanes of at least 4 members (excludes halogenated alkanes) is 2. The molecule has 1 aromatic carbocycles. The van der Waals surface area contributed by atoms with Crippen LogP contribution in [0, 0.1) is 0 Å². The molecule has 1 unspecified atom stereocenters. The van der Waals surface area contributed by atoms with Gasteiger partial charge in [0.2, 0.25) is 0 Å². The summed E-state index contributed by atoms with van der Waals surface area (Å²) in [6.45, 7) is 4.74. The number of likely N-dealkylation sites (tertiary alicyclic amines) is 1. The minimum absolute atomic E-state index is 0.0306. The predicted octanol–water partition coefficient (Wildman–Crippen LogP) is 4.94. The van der Waals surface area contributed by atoms with Gasteiger partial charge in [-0.2, -0.15) is 0 Å². The van der Waals surface area contributed by atoms with Crippen molar-refractivity contribution in [2.24, 2.45) is 0 Å². The van der Waals surface area contributed by atoms with Crippen LogP contribution in [-0.4, -0.2) is 34.8 Å². The fraction of sp³-hybridized carbons (Fsp3) is 0.364. The van der Waals surface area contributed by atoms with Crippen LogP contribution in [0.25, 0.3) is 5.76 Å². The molecule has 29 heavy (non-hydrogen) atoms. The summed E-state index contributed by atoms with van der Waals surface area (Å²) in [5, 5.41) is 11.3. The molecule has 1 amide bonds. The van der Waals surface area contributed by atoms with Crippen molar-refractivity contribution in [1.82, 2.24) is 4.90 Å². The smallest absolute Gasteiger partial charge is 0.295 e. The molecule has 1 aliphatic heterocycles. The van der Waals surface area contributed by atoms with E-state index in [0.29, 0.717) is 24.7 Å². The van der Waals surface area contributed by atoms with Crippen LogP contribution in [-0.2, 0) is 9.59 Å². The molecule has 0 saturated carbocycles. The highest BCUT2D eigenvalue weighted by Gasteiger charge is 2.47. The third kappa shape index (κ3) is 4.17. The number of ketones is 1. The summed E-state index contributed by atoms with van der Waals surface area (Å²) >= 11 is 6.28. The number of nitrogens with zero attached hydrogens (tertiary/aromatic N) is 1. The van der Waals surface area contributed by atoms with Crippen molar-refractivity contribution < 1.29 is 23.8 Å². The van der Waals surface area contributed by atoms with E-state index in [2.05, 4.69) is 6.92 Å². The van der Waals surface area contributed by atoms with Crippen LogP contribution in [0.2, 0.25) is 5.02 Å². The fourth-order valence-corrected chi connectivity index (χ4v) is 3.68. The third-order valence-electron chi connectivity index (χ3n) is 4.86. The SMILES string of the molecule is CCCCCN1C(=O)C(=O)/C(=C(\O)c2cc(OCC)ccc2Cl)C1c1ccco1. The van der Waals surface area contributed by atoms with Crippen molar-refractivity contribution >= 4 is 29.1 Å². The van der Waals surface area contributed by atoms with E-state index in [1.807, 2.05) is 6.92 Å². The van der Waals surface area contributed by atoms with Gasteiger partial charge in [0.25, 0.3) is 11.7 Å². The number of carbonyl (C=O) groups excluding carboxylic acids is 2. The second-order valence-electron chi connectivity index (χ2n) is 6.79. The van der Waals surface area contributed by atoms with Gasteiger partial charge in [0.1, 0.15) is 23.3 Å². The molecule has 2 heterocycles. The molecule has 6 nitrogen and oxygen atoms in total. The number of benzene rings is 1. The number of carbonyl (C=O) groups is 2. The largest absolute Gasteiger partial charge is 0.507 e. The van der Waals surface area contributed by atoms with E-state index < -0.39 is 17.7 Å². The van der Waals surface area contributed by atoms with Crippen LogP contribution in [0.4, 0.5) is 0 Å². The average molecular weight is 418 g/mol. The molecule has 1 atom stereocenters. The van der Waals surface area contributed by atoms with E-state index in [1.54, 1.807) is 30.3 Å². The Balaban J connectivity index is 2.11. The van der Waals surface area contributed by atoms with Crippen LogP contribution in [0.15, 0.2) is 46.6 Å². The summed E-state index contributed by atoms with van der Waals surface area (Å²) in [5.41, 5.74) is 0.206. The van der Waals surface area contributed by atoms with Crippen molar-refractivity contribution in [2.75, 3.05) is 13.2 Å². The van der Waals surface area contributed by atoms with E-state index in [1.165, 1.54) is 11.2 Å². The van der Waals surface area contributed by atoms with E-state index in [-0.39, 0.29) is 21.9 Å². The lowest BCUT2D eigenvalue weighted by atomic mass is 9.99. The second kappa shape index (κ2) is 9.18. The highest BCUT2D eigenvalue weighted by atomic mass is 35.5. The van der Waals surface area contributed by atoms with Crippen molar-refractivity contribution in [3.8, 4) is 5.75 Å². The van der Waals surface area contributed by atoms with Crippen molar-refractivity contribution in [3.63, 3.8) is 0 Å². The maximum absolute atomic E-state index is 12.9. The van der Waals surface area contributed by atoms with Crippen molar-refractivity contribution in [2.45, 2.75) is 39.2 Å². The van der Waals surface area contributed by atoms with Gasteiger partial charge < -0.3 is 19.2 Å². The summed E-state index contributed by atoms with van der Waals surface area (Å²) in [6, 6.07) is 7.40. The lowest BCUT2D eigenvalue weighted by molar-refractivity contribution is -0.140. The molecule has 1 fully saturated rings. The number of Topliss-reactive ketones (excluding diaryl/α,β-unsaturated/α-hetero) is 1. The van der Waals surface area contributed by atoms with Gasteiger partial charge >= 0.3 is 0 Å². The van der Waals surface area contributed by atoms with Gasteiger partial charge in [-0.05, 0) is 43.7 Å². The van der Waals surface area contributed by atoms with E-state index in [0.717, 1.165) is 19.3 Å². The first-order chi connectivity index (χ1) is 14.0. The zero-order valence-electron chi connectivity index (χ0n) is 16.5. The standard InChI is InChI=1S/C22H24ClNO5/c1-3-5-6-11-24-19(17-8-7-12-29-17)18(21(26)22(24)27)20(25)15-13-14(28-4-2)9-10-16(15)23/h7-10,12-13,19,25H,3-6,11H2,1-2H3/b20-18-. The van der Waals surface area contributed by atoms with Crippen LogP contribution >= 0.6 is 11.6 Å². The van der Waals surface area contributed by atoms with Gasteiger partial charge in [-0.25, -0.2) is 0 Å². The Labute approximate surface area is 174 Å². The number of amides is 1. The minimum atomic E-state index is -0.798. The molecule has 0 aliphatic carbocycles. The maximum Gasteiger partial charge on any atom is 0.295 e. The first-order valence-electron chi connectivity index (χ1n) is 9.74. The molecule has 0 spiro atoms. The van der Waals surface area contributed by atoms with Crippen LogP contribution in [0.1, 0.15) is 50.5 Å². The molecule has 1 aliphatic rings. The zero-order chi connectivity index (χ0) is 21.0. The zero-order valence-corrected chi connectivity index (χ0v) is 17.2. The number of furan rings is 1. The molecule has 154 valence electrons. The number of hydrogen-bond donors (Lipinski definition) is 1. The number of halogens is 1. The Morgan fingerprint density at radius 1 is 1.24 bits per heavy atom. The first-order valence-corrected chi connectivity index (χ1v) is 10.1. The average Bonchev–Trinajstić information content (AvgIpc) is 3.32. The van der Waals surface area contributed by atoms with Crippen LogP contribution in [0.3, 0.4) is 0 Å². The molecule has 1 saturated heterocycles. The van der Waals surface area contributed by atoms with E-state index in [4.69, 9.17) is 20.8 Å². The highest BCUT2D eigenvalue weighted by Crippen LogP contribution is 2.41. The quantitative estimate of drug-likeness (QED) is 0.284. The molecule has 1 aromatic heterocycles. The normalized spacial score (nSPS) is 18.4. The van der Waals surface area contributed by atoms with Gasteiger partial charge in [-0.3, -0.25) is 9.59 Å². The van der Waals surface area contributed by atoms with E-state index >= 15 is 0 Å². The Morgan fingerprint density at radius 3 is 2.69 bits per heavy atom. The number of ether oxygens (including phenoxy) is 1. The Kier molecular flexibility index (Phi) is 6.64. The van der Waals surface area contributed by atoms with Gasteiger partial charge in [-0.1, -0.05) is 31.4 Å². The van der Waals surface area contributed by atoms with Gasteiger partial charge in [0.05, 0.1) is 23.5 Å². The van der Waals surface area contributed by atoms with Crippen LogP contribution in [0.5, 0.6) is 5.75 Å². The summed E-state index contributed by atoms with van der Waals surface area (Å²) in [6.07, 6.45) is 4.14. The Bertz CT molecular complexity index is 919. The molecular weight excluding hydrogens is 394 g/mol. The van der Waals surface area contributed by atoms with Gasteiger partial charge in [0.15, 0.2) is 0 Å². The Hall–Kier alpha value is -2.73. The van der Waals surface area contributed by atoms with Gasteiger partial charge in [-0.15, -0.1) is 0 Å². The van der Waals surface area contributed by atoms with Crippen molar-refractivity contribution in [3.05, 3.63) is 58.5 Å². The third-order valence-corrected chi connectivity index (χ3v) is 5.19. The number of rotatable bonds is 8. The monoisotopic (exact) mass is 417 g/mol. The van der Waals surface area contributed by atoms with Crippen LogP contribution < -0.4 is 4.74 Å². The summed E-state index contributed by atoms with van der Waals surface area (Å²) in [4.78, 5) is 27.1.